The van der Waals surface area contributed by atoms with E-state index in [4.69, 9.17) is 5.73 Å². The average molecular weight is 560 g/mol. The van der Waals surface area contributed by atoms with Crippen molar-refractivity contribution in [1.82, 2.24) is 0 Å². The van der Waals surface area contributed by atoms with Gasteiger partial charge in [0.2, 0.25) is 0 Å². The van der Waals surface area contributed by atoms with Gasteiger partial charge in [-0.15, -0.1) is 0 Å². The van der Waals surface area contributed by atoms with Gasteiger partial charge in [0.15, 0.2) is 0 Å². The van der Waals surface area contributed by atoms with Gasteiger partial charge in [-0.3, -0.25) is 0 Å². The number of allylic oxidation sites excluding steroid dienone is 3. The van der Waals surface area contributed by atoms with E-state index in [1.165, 1.54) is 88.3 Å². The largest absolute Gasteiger partial charge is 0.405 e. The van der Waals surface area contributed by atoms with Crippen molar-refractivity contribution in [3.05, 3.63) is 151 Å². The molecule has 0 aromatic heterocycles. The van der Waals surface area contributed by atoms with Crippen LogP contribution in [0.5, 0.6) is 0 Å². The van der Waals surface area contributed by atoms with Gasteiger partial charge < -0.3 is 5.73 Å². The number of hydrogen-bond acceptors (Lipinski definition) is 1. The Bertz CT molecular complexity index is 2240. The molecule has 0 unspecified atom stereocenters. The molecule has 0 fully saturated rings. The monoisotopic (exact) mass is 559 g/mol. The number of rotatable bonds is 4. The second-order valence-electron chi connectivity index (χ2n) is 11.8. The number of benzene rings is 7. The molecule has 0 aliphatic heterocycles. The molecule has 9 rings (SSSR count). The van der Waals surface area contributed by atoms with Gasteiger partial charge in [0.05, 0.1) is 0 Å². The first-order valence-electron chi connectivity index (χ1n) is 15.3. The van der Waals surface area contributed by atoms with E-state index in [0.29, 0.717) is 0 Å². The molecule has 0 saturated carbocycles. The molecular weight excluding hydrogens is 530 g/mol. The number of nitrogens with two attached hydrogens (primary N) is 1. The van der Waals surface area contributed by atoms with Crippen molar-refractivity contribution in [1.29, 1.82) is 0 Å². The predicted octanol–water partition coefficient (Wildman–Crippen LogP) is 11.5. The summed E-state index contributed by atoms with van der Waals surface area (Å²) in [5.74, 6) is 0. The van der Waals surface area contributed by atoms with Gasteiger partial charge in [0.1, 0.15) is 0 Å². The van der Waals surface area contributed by atoms with Gasteiger partial charge in [0, 0.05) is 0 Å². The Morgan fingerprint density at radius 2 is 0.909 bits per heavy atom. The van der Waals surface area contributed by atoms with Gasteiger partial charge in [-0.25, -0.2) is 0 Å². The van der Waals surface area contributed by atoms with Crippen LogP contribution in [0.15, 0.2) is 146 Å². The Morgan fingerprint density at radius 3 is 1.34 bits per heavy atom. The highest BCUT2D eigenvalue weighted by Gasteiger charge is 2.23. The molecule has 7 aromatic carbocycles. The van der Waals surface area contributed by atoms with Crippen LogP contribution >= 0.6 is 0 Å². The molecule has 0 saturated heterocycles. The van der Waals surface area contributed by atoms with E-state index >= 15 is 0 Å². The molecule has 1 heteroatoms. The Hall–Kier alpha value is -5.66. The average Bonchev–Trinajstić information content (AvgIpc) is 3.58. The van der Waals surface area contributed by atoms with Gasteiger partial charge in [-0.2, -0.15) is 0 Å². The van der Waals surface area contributed by atoms with Crippen LogP contribution in [-0.2, 0) is 0 Å². The standard InChI is InChI=1S/C43H29N/c1-2-26(19-20-44)31-21-32(29-15-17-34-36-11-3-7-27-9-5-13-38(42(27)36)40(34)24-29)23-33(22-31)30-16-18-35-37-12-4-8-28-10-6-14-39(43(28)37)41(35)25-30/h2-25H,44H2,1H3/b20-19-,26-2+. The summed E-state index contributed by atoms with van der Waals surface area (Å²) in [6.45, 7) is 2.07. The topological polar surface area (TPSA) is 26.0 Å². The molecule has 0 spiro atoms. The third-order valence-electron chi connectivity index (χ3n) is 9.53. The van der Waals surface area contributed by atoms with Crippen molar-refractivity contribution in [3.63, 3.8) is 0 Å². The fourth-order valence-electron chi connectivity index (χ4n) is 7.53. The highest BCUT2D eigenvalue weighted by Crippen LogP contribution is 2.50. The second-order valence-corrected chi connectivity index (χ2v) is 11.8. The van der Waals surface area contributed by atoms with Crippen molar-refractivity contribution in [2.24, 2.45) is 5.73 Å². The highest BCUT2D eigenvalue weighted by molar-refractivity contribution is 6.17. The molecule has 7 aromatic rings. The Kier molecular flexibility index (Phi) is 5.33. The van der Waals surface area contributed by atoms with Gasteiger partial charge in [-0.05, 0) is 149 Å². The van der Waals surface area contributed by atoms with Crippen LogP contribution in [-0.4, -0.2) is 0 Å². The van der Waals surface area contributed by atoms with E-state index < -0.39 is 0 Å². The smallest absolute Gasteiger partial charge is 0.00264 e. The maximum absolute atomic E-state index is 5.90. The van der Waals surface area contributed by atoms with E-state index in [1.54, 1.807) is 6.20 Å². The number of fused-ring (bicyclic) bond motifs is 6. The molecule has 0 amide bonds. The molecule has 2 aliphatic carbocycles. The van der Waals surface area contributed by atoms with Crippen molar-refractivity contribution in [2.45, 2.75) is 6.92 Å². The minimum absolute atomic E-state index is 1.10. The summed E-state index contributed by atoms with van der Waals surface area (Å²) in [6, 6.07) is 47.4. The van der Waals surface area contributed by atoms with Crippen molar-refractivity contribution in [3.8, 4) is 66.8 Å². The first-order valence-corrected chi connectivity index (χ1v) is 15.3. The summed E-state index contributed by atoms with van der Waals surface area (Å²) in [6.07, 6.45) is 5.75. The first-order chi connectivity index (χ1) is 21.7. The van der Waals surface area contributed by atoms with Gasteiger partial charge in [-0.1, -0.05) is 103 Å². The molecule has 0 heterocycles. The molecule has 0 atom stereocenters. The van der Waals surface area contributed by atoms with Gasteiger partial charge >= 0.3 is 0 Å². The Labute approximate surface area is 257 Å². The van der Waals surface area contributed by atoms with Crippen LogP contribution in [0.25, 0.3) is 93.9 Å². The van der Waals surface area contributed by atoms with E-state index in [9.17, 15) is 0 Å². The molecule has 2 N–H and O–H groups in total. The summed E-state index contributed by atoms with van der Waals surface area (Å²) in [7, 11) is 0. The Balaban J connectivity index is 1.23. The van der Waals surface area contributed by atoms with E-state index in [0.717, 1.165) is 11.1 Å². The SMILES string of the molecule is C/C=C(\C=C/N)c1cc(-c2ccc3c(c2)-c2cccc4cccc-3c24)cc(-c2ccc3c(c2)-c2cccc4cccc-3c24)c1. The summed E-state index contributed by atoms with van der Waals surface area (Å²) in [5.41, 5.74) is 23.5. The van der Waals surface area contributed by atoms with Crippen molar-refractivity contribution < 1.29 is 0 Å². The molecule has 0 radical (unpaired) electrons. The predicted molar refractivity (Wildman–Crippen MR) is 188 cm³/mol. The zero-order valence-corrected chi connectivity index (χ0v) is 24.4. The zero-order chi connectivity index (χ0) is 29.4. The first kappa shape index (κ1) is 24.9. The Morgan fingerprint density at radius 1 is 0.455 bits per heavy atom. The lowest BCUT2D eigenvalue weighted by Crippen LogP contribution is -1.90. The summed E-state index contributed by atoms with van der Waals surface area (Å²) >= 11 is 0. The fraction of sp³-hybridized carbons (Fsp3) is 0.0233. The fourth-order valence-corrected chi connectivity index (χ4v) is 7.53. The maximum atomic E-state index is 5.90. The lowest BCUT2D eigenvalue weighted by molar-refractivity contribution is 1.53. The summed E-state index contributed by atoms with van der Waals surface area (Å²) < 4.78 is 0. The molecule has 1 nitrogen and oxygen atoms in total. The molecular formula is C43H29N. The molecule has 44 heavy (non-hydrogen) atoms. The highest BCUT2D eigenvalue weighted by atomic mass is 14.5. The second kappa shape index (κ2) is 9.42. The van der Waals surface area contributed by atoms with Crippen LogP contribution < -0.4 is 5.73 Å². The van der Waals surface area contributed by atoms with Crippen LogP contribution in [0.1, 0.15) is 12.5 Å². The lowest BCUT2D eigenvalue weighted by atomic mass is 9.90. The van der Waals surface area contributed by atoms with E-state index in [2.05, 4.69) is 140 Å². The minimum atomic E-state index is 1.10. The summed E-state index contributed by atoms with van der Waals surface area (Å²) in [5, 5.41) is 5.30. The van der Waals surface area contributed by atoms with E-state index in [-0.39, 0.29) is 0 Å². The maximum Gasteiger partial charge on any atom is -0.00264 e. The normalized spacial score (nSPS) is 12.8. The molecule has 0 bridgehead atoms. The number of hydrogen-bond donors (Lipinski definition) is 1. The van der Waals surface area contributed by atoms with Crippen molar-refractivity contribution in [2.75, 3.05) is 0 Å². The van der Waals surface area contributed by atoms with Crippen molar-refractivity contribution >= 4 is 27.1 Å². The van der Waals surface area contributed by atoms with Crippen LogP contribution in [0, 0.1) is 0 Å². The van der Waals surface area contributed by atoms with Gasteiger partial charge in [0.25, 0.3) is 0 Å². The van der Waals surface area contributed by atoms with Crippen LogP contribution in [0.2, 0.25) is 0 Å². The quantitative estimate of drug-likeness (QED) is 0.213. The van der Waals surface area contributed by atoms with Crippen LogP contribution in [0.4, 0.5) is 0 Å². The summed E-state index contributed by atoms with van der Waals surface area (Å²) in [4.78, 5) is 0. The van der Waals surface area contributed by atoms with Crippen LogP contribution in [0.3, 0.4) is 0 Å². The molecule has 206 valence electrons. The molecule has 2 aliphatic rings. The van der Waals surface area contributed by atoms with E-state index in [1.807, 2.05) is 6.08 Å². The third kappa shape index (κ3) is 3.53. The third-order valence-corrected chi connectivity index (χ3v) is 9.53. The lowest BCUT2D eigenvalue weighted by Gasteiger charge is -2.14. The minimum Gasteiger partial charge on any atom is -0.405 e. The zero-order valence-electron chi connectivity index (χ0n) is 24.4.